The largest absolute Gasteiger partial charge is 0.486 e. The first-order valence-corrected chi connectivity index (χ1v) is 5.35. The quantitative estimate of drug-likeness (QED) is 0.588. The van der Waals surface area contributed by atoms with Crippen LogP contribution in [0.4, 0.5) is 12.9 Å². The van der Waals surface area contributed by atoms with Crippen LogP contribution >= 0.6 is 0 Å². The zero-order valence-electron chi connectivity index (χ0n) is 9.41. The molecule has 1 unspecified atom stereocenters. The van der Waals surface area contributed by atoms with Crippen LogP contribution in [0.15, 0.2) is 30.3 Å². The molecular weight excluding hydrogens is 232 g/mol. The van der Waals surface area contributed by atoms with E-state index >= 15 is 0 Å². The monoisotopic (exact) mass is 245 g/mol. The lowest BCUT2D eigenvalue weighted by Crippen LogP contribution is -2.30. The van der Waals surface area contributed by atoms with Gasteiger partial charge in [0.1, 0.15) is 0 Å². The second-order valence-corrected chi connectivity index (χ2v) is 3.65. The van der Waals surface area contributed by atoms with Crippen molar-refractivity contribution in [2.24, 2.45) is 0 Å². The van der Waals surface area contributed by atoms with E-state index in [1.54, 1.807) is 13.0 Å². The molecule has 0 radical (unpaired) electrons. The van der Waals surface area contributed by atoms with Crippen LogP contribution < -0.4 is 0 Å². The molecule has 0 aliphatic carbocycles. The van der Waals surface area contributed by atoms with Gasteiger partial charge < -0.3 is 17.7 Å². The number of benzene rings is 1. The summed E-state index contributed by atoms with van der Waals surface area (Å²) in [6.45, 7) is -3.46. The third kappa shape index (κ3) is 4.13. The first-order chi connectivity index (χ1) is 7.95. The summed E-state index contributed by atoms with van der Waals surface area (Å²) >= 11 is 0. The fourth-order valence-electron chi connectivity index (χ4n) is 1.57. The molecule has 0 fully saturated rings. The zero-order valence-corrected chi connectivity index (χ0v) is 9.41. The number of rotatable bonds is 5. The van der Waals surface area contributed by atoms with Crippen LogP contribution in [0, 0.1) is 0 Å². The highest BCUT2D eigenvalue weighted by Crippen LogP contribution is 2.33. The second kappa shape index (κ2) is 5.75. The Hall–Kier alpha value is -1.46. The predicted molar refractivity (Wildman–Crippen MR) is 59.5 cm³/mol. The van der Waals surface area contributed by atoms with Crippen molar-refractivity contribution in [2.75, 3.05) is 6.61 Å². The average Bonchev–Trinajstić information content (AvgIpc) is 2.26. The molecule has 17 heavy (non-hydrogen) atoms. The van der Waals surface area contributed by atoms with Gasteiger partial charge in [-0.3, -0.25) is 4.79 Å². The van der Waals surface area contributed by atoms with Crippen molar-refractivity contribution in [1.82, 2.24) is 0 Å². The summed E-state index contributed by atoms with van der Waals surface area (Å²) in [6, 6.07) is 7.43. The lowest BCUT2D eigenvalue weighted by atomic mass is 9.67. The minimum atomic E-state index is -5.11. The highest BCUT2D eigenvalue weighted by Gasteiger charge is 2.37. The van der Waals surface area contributed by atoms with Crippen molar-refractivity contribution in [2.45, 2.75) is 19.2 Å². The summed E-state index contributed by atoms with van der Waals surface area (Å²) in [4.78, 5) is 11.2. The Morgan fingerprint density at radius 3 is 2.35 bits per heavy atom. The summed E-state index contributed by atoms with van der Waals surface area (Å²) < 4.78 is 43.1. The highest BCUT2D eigenvalue weighted by molar-refractivity contribution is 6.60. The first kappa shape index (κ1) is 13.6. The maximum Gasteiger partial charge on any atom is 0.486 e. The number of hydrogen-bond donors (Lipinski definition) is 0. The Morgan fingerprint density at radius 1 is 1.29 bits per heavy atom. The number of carbonyl (C=O) groups excluding carboxylic acids is 1. The van der Waals surface area contributed by atoms with Gasteiger partial charge in [0.25, 0.3) is 0 Å². The maximum atomic E-state index is 12.9. The number of hydrogen-bond acceptors (Lipinski definition) is 2. The van der Waals surface area contributed by atoms with E-state index in [1.807, 2.05) is 0 Å². The van der Waals surface area contributed by atoms with Crippen LogP contribution in [-0.4, -0.2) is 19.6 Å². The van der Waals surface area contributed by atoms with Gasteiger partial charge in [0.2, 0.25) is 0 Å². The Morgan fingerprint density at radius 2 is 1.88 bits per heavy atom. The van der Waals surface area contributed by atoms with Gasteiger partial charge in [-0.05, 0) is 12.7 Å². The number of ether oxygens (including phenoxy) is 1. The fourth-order valence-corrected chi connectivity index (χ4v) is 1.57. The molecule has 0 saturated heterocycles. The van der Waals surface area contributed by atoms with Gasteiger partial charge in [0, 0.05) is 6.42 Å². The molecule has 0 aliphatic heterocycles. The minimum absolute atomic E-state index is 0.0885. The van der Waals surface area contributed by atoms with E-state index in [4.69, 9.17) is 0 Å². The fraction of sp³-hybridized carbons (Fsp3) is 0.364. The summed E-state index contributed by atoms with van der Waals surface area (Å²) in [7, 11) is 0. The van der Waals surface area contributed by atoms with Gasteiger partial charge in [-0.1, -0.05) is 35.9 Å². The Labute approximate surface area is 97.8 Å². The van der Waals surface area contributed by atoms with Crippen LogP contribution in [0.25, 0.3) is 0 Å². The van der Waals surface area contributed by atoms with Crippen molar-refractivity contribution in [3.8, 4) is 0 Å². The topological polar surface area (TPSA) is 26.3 Å². The molecule has 0 N–H and O–H groups in total. The predicted octanol–water partition coefficient (Wildman–Crippen LogP) is 3.11. The maximum absolute atomic E-state index is 12.9. The zero-order chi connectivity index (χ0) is 12.9. The molecule has 94 valence electrons. The normalized spacial score (nSPS) is 13.2. The number of esters is 1. The highest BCUT2D eigenvalue weighted by atomic mass is 19.4. The van der Waals surface area contributed by atoms with E-state index in [0.29, 0.717) is 0 Å². The van der Waals surface area contributed by atoms with Gasteiger partial charge in [-0.2, -0.15) is 0 Å². The second-order valence-electron chi connectivity index (χ2n) is 3.65. The van der Waals surface area contributed by atoms with E-state index in [2.05, 4.69) is 4.74 Å². The smallest absolute Gasteiger partial charge is 0.466 e. The molecule has 1 atom stereocenters. The van der Waals surface area contributed by atoms with Crippen LogP contribution in [0.1, 0.15) is 24.7 Å². The molecule has 0 heterocycles. The molecule has 2 nitrogen and oxygen atoms in total. The Kier molecular flexibility index (Phi) is 4.60. The van der Waals surface area contributed by atoms with E-state index in [0.717, 1.165) is 0 Å². The van der Waals surface area contributed by atoms with Gasteiger partial charge in [-0.15, -0.1) is 0 Å². The average molecular weight is 245 g/mol. The van der Waals surface area contributed by atoms with Gasteiger partial charge in [0.05, 0.1) is 6.61 Å². The van der Waals surface area contributed by atoms with E-state index in [1.165, 1.54) is 24.3 Å². The van der Waals surface area contributed by atoms with Gasteiger partial charge in [0.15, 0.2) is 0 Å². The van der Waals surface area contributed by atoms with Gasteiger partial charge in [-0.25, -0.2) is 0 Å². The van der Waals surface area contributed by atoms with Crippen molar-refractivity contribution in [3.05, 3.63) is 35.9 Å². The standard InChI is InChI=1S/C11H13BF3O2/c1-2-17-11(16)8-10(12(13,14)15)9-6-4-3-5-7-9/h3-7,10H,2,8H2,1H3/q-1. The number of halogens is 3. The van der Waals surface area contributed by atoms with Crippen molar-refractivity contribution in [3.63, 3.8) is 0 Å². The lowest BCUT2D eigenvalue weighted by Gasteiger charge is -2.26. The molecule has 0 aliphatic rings. The van der Waals surface area contributed by atoms with Crippen molar-refractivity contribution >= 4 is 12.9 Å². The summed E-state index contributed by atoms with van der Waals surface area (Å²) in [5.41, 5.74) is 0.105. The van der Waals surface area contributed by atoms with Crippen LogP contribution in [-0.2, 0) is 9.53 Å². The summed E-state index contributed by atoms with van der Waals surface area (Å²) in [6.07, 6.45) is -0.651. The molecule has 0 amide bonds. The molecule has 0 aromatic heterocycles. The Balaban J connectivity index is 2.87. The van der Waals surface area contributed by atoms with Crippen LogP contribution in [0.2, 0.25) is 0 Å². The summed E-state index contributed by atoms with van der Waals surface area (Å²) in [5.74, 6) is -2.56. The molecule has 0 bridgehead atoms. The van der Waals surface area contributed by atoms with Crippen molar-refractivity contribution < 1.29 is 22.5 Å². The molecule has 1 rings (SSSR count). The SMILES string of the molecule is CCOC(=O)CC(c1ccccc1)[B-](F)(F)F. The van der Waals surface area contributed by atoms with E-state index < -0.39 is 25.2 Å². The minimum Gasteiger partial charge on any atom is -0.466 e. The van der Waals surface area contributed by atoms with Crippen LogP contribution in [0.5, 0.6) is 0 Å². The Bertz CT molecular complexity index is 365. The third-order valence-corrected chi connectivity index (χ3v) is 2.38. The first-order valence-electron chi connectivity index (χ1n) is 5.35. The number of carbonyl (C=O) groups is 1. The van der Waals surface area contributed by atoms with Crippen LogP contribution in [0.3, 0.4) is 0 Å². The molecule has 6 heteroatoms. The van der Waals surface area contributed by atoms with Gasteiger partial charge >= 0.3 is 12.9 Å². The third-order valence-electron chi connectivity index (χ3n) is 2.38. The molecule has 1 aromatic rings. The van der Waals surface area contributed by atoms with E-state index in [-0.39, 0.29) is 12.2 Å². The summed E-state index contributed by atoms with van der Waals surface area (Å²) in [5, 5.41) is 0. The lowest BCUT2D eigenvalue weighted by molar-refractivity contribution is -0.143. The molecular formula is C11H13BF3O2-. The van der Waals surface area contributed by atoms with E-state index in [9.17, 15) is 17.7 Å². The van der Waals surface area contributed by atoms with Crippen molar-refractivity contribution in [1.29, 1.82) is 0 Å². The molecule has 1 aromatic carbocycles. The molecule has 0 spiro atoms. The molecule has 0 saturated carbocycles.